The van der Waals surface area contributed by atoms with Crippen molar-refractivity contribution in [2.45, 2.75) is 25.3 Å². The minimum absolute atomic E-state index is 0.181. The van der Waals surface area contributed by atoms with Crippen LogP contribution in [0.1, 0.15) is 29.8 Å². The van der Waals surface area contributed by atoms with Crippen LogP contribution in [0.3, 0.4) is 0 Å². The molecule has 18 heavy (non-hydrogen) atoms. The van der Waals surface area contributed by atoms with Crippen LogP contribution in [0, 0.1) is 0 Å². The normalized spacial score (nSPS) is 19.3. The highest BCUT2D eigenvalue weighted by Gasteiger charge is 2.14. The van der Waals surface area contributed by atoms with Gasteiger partial charge in [0.05, 0.1) is 7.11 Å². The van der Waals surface area contributed by atoms with Crippen LogP contribution in [0.5, 0.6) is 5.88 Å². The van der Waals surface area contributed by atoms with Crippen molar-refractivity contribution in [2.24, 2.45) is 0 Å². The largest absolute Gasteiger partial charge is 0.475 e. The number of hydrogen-bond acceptors (Lipinski definition) is 6. The molecule has 1 aliphatic rings. The minimum Gasteiger partial charge on any atom is -0.475 e. The summed E-state index contributed by atoms with van der Waals surface area (Å²) >= 11 is 0. The van der Waals surface area contributed by atoms with Crippen molar-refractivity contribution >= 4 is 5.97 Å². The first-order valence-electron chi connectivity index (χ1n) is 6.08. The Morgan fingerprint density at radius 1 is 1.44 bits per heavy atom. The molecular formula is C12H17N3O3. The van der Waals surface area contributed by atoms with Gasteiger partial charge in [-0.3, -0.25) is 0 Å². The fourth-order valence-electron chi connectivity index (χ4n) is 1.86. The van der Waals surface area contributed by atoms with Crippen molar-refractivity contribution < 1.29 is 14.3 Å². The molecule has 2 heterocycles. The number of aromatic nitrogens is 2. The Morgan fingerprint density at radius 2 is 2.33 bits per heavy atom. The number of nitrogens with zero attached hydrogens (tertiary/aromatic N) is 2. The van der Waals surface area contributed by atoms with E-state index in [9.17, 15) is 4.79 Å². The second-order valence-electron chi connectivity index (χ2n) is 4.21. The number of rotatable bonds is 4. The minimum atomic E-state index is -0.497. The van der Waals surface area contributed by atoms with Gasteiger partial charge in [-0.15, -0.1) is 10.2 Å². The maximum absolute atomic E-state index is 11.2. The van der Waals surface area contributed by atoms with E-state index in [1.807, 2.05) is 0 Å². The second kappa shape index (κ2) is 6.30. The van der Waals surface area contributed by atoms with Gasteiger partial charge >= 0.3 is 5.97 Å². The molecule has 0 bridgehead atoms. The highest BCUT2D eigenvalue weighted by molar-refractivity contribution is 5.86. The number of nitrogens with one attached hydrogen (secondary N) is 1. The summed E-state index contributed by atoms with van der Waals surface area (Å²) in [6, 6.07) is 3.55. The molecular weight excluding hydrogens is 234 g/mol. The third-order valence-corrected chi connectivity index (χ3v) is 2.88. The van der Waals surface area contributed by atoms with E-state index in [0.29, 0.717) is 18.5 Å². The van der Waals surface area contributed by atoms with Gasteiger partial charge in [0.2, 0.25) is 5.88 Å². The van der Waals surface area contributed by atoms with Gasteiger partial charge in [0.15, 0.2) is 5.69 Å². The van der Waals surface area contributed by atoms with Gasteiger partial charge in [0.25, 0.3) is 0 Å². The summed E-state index contributed by atoms with van der Waals surface area (Å²) in [5, 5.41) is 11.0. The molecule has 0 saturated carbocycles. The molecule has 98 valence electrons. The van der Waals surface area contributed by atoms with Crippen molar-refractivity contribution in [3.63, 3.8) is 0 Å². The van der Waals surface area contributed by atoms with Crippen LogP contribution in [0.25, 0.3) is 0 Å². The lowest BCUT2D eigenvalue weighted by atomic mass is 10.1. The van der Waals surface area contributed by atoms with Crippen LogP contribution in [0.2, 0.25) is 0 Å². The van der Waals surface area contributed by atoms with Crippen molar-refractivity contribution in [1.29, 1.82) is 0 Å². The van der Waals surface area contributed by atoms with E-state index < -0.39 is 5.97 Å². The van der Waals surface area contributed by atoms with E-state index in [0.717, 1.165) is 13.0 Å². The summed E-state index contributed by atoms with van der Waals surface area (Å²) in [5.41, 5.74) is 0.181. The molecule has 1 saturated heterocycles. The molecule has 2 rings (SSSR count). The molecule has 1 atom stereocenters. The predicted molar refractivity (Wildman–Crippen MR) is 64.5 cm³/mol. The van der Waals surface area contributed by atoms with Crippen molar-refractivity contribution in [1.82, 2.24) is 15.5 Å². The Labute approximate surface area is 106 Å². The quantitative estimate of drug-likeness (QED) is 0.797. The number of carbonyl (C=O) groups excluding carboxylic acids is 1. The van der Waals surface area contributed by atoms with Crippen LogP contribution < -0.4 is 10.1 Å². The Bertz CT molecular complexity index is 388. The fourth-order valence-corrected chi connectivity index (χ4v) is 1.86. The molecule has 1 aromatic rings. The molecule has 0 radical (unpaired) electrons. The maximum atomic E-state index is 11.2. The molecule has 0 spiro atoms. The Kier molecular flexibility index (Phi) is 4.46. The van der Waals surface area contributed by atoms with E-state index in [4.69, 9.17) is 4.74 Å². The standard InChI is InChI=1S/C12H17N3O3/c1-17-12(16)10-5-6-11(15-14-10)18-8-9-4-2-3-7-13-9/h5-6,9,13H,2-4,7-8H2,1H3. The molecule has 1 aromatic heterocycles. The fraction of sp³-hybridized carbons (Fsp3) is 0.583. The number of esters is 1. The third kappa shape index (κ3) is 3.40. The van der Waals surface area contributed by atoms with E-state index in [2.05, 4.69) is 20.3 Å². The van der Waals surface area contributed by atoms with E-state index >= 15 is 0 Å². The number of methoxy groups -OCH3 is 1. The van der Waals surface area contributed by atoms with Gasteiger partial charge in [-0.1, -0.05) is 6.42 Å². The molecule has 1 unspecified atom stereocenters. The Hall–Kier alpha value is -1.69. The SMILES string of the molecule is COC(=O)c1ccc(OCC2CCCCN2)nn1. The molecule has 0 aromatic carbocycles. The van der Waals surface area contributed by atoms with Crippen molar-refractivity contribution in [3.05, 3.63) is 17.8 Å². The highest BCUT2D eigenvalue weighted by Crippen LogP contribution is 2.10. The second-order valence-corrected chi connectivity index (χ2v) is 4.21. The molecule has 6 nitrogen and oxygen atoms in total. The Balaban J connectivity index is 1.84. The third-order valence-electron chi connectivity index (χ3n) is 2.88. The van der Waals surface area contributed by atoms with Gasteiger partial charge in [-0.25, -0.2) is 4.79 Å². The number of piperidine rings is 1. The van der Waals surface area contributed by atoms with E-state index in [1.54, 1.807) is 12.1 Å². The first-order valence-corrected chi connectivity index (χ1v) is 6.08. The first kappa shape index (κ1) is 12.8. The van der Waals surface area contributed by atoms with Crippen molar-refractivity contribution in [2.75, 3.05) is 20.3 Å². The number of hydrogen-bond donors (Lipinski definition) is 1. The molecule has 6 heteroatoms. The summed E-state index contributed by atoms with van der Waals surface area (Å²) in [4.78, 5) is 11.2. The summed E-state index contributed by atoms with van der Waals surface area (Å²) in [5.74, 6) is -0.0713. The zero-order chi connectivity index (χ0) is 12.8. The smallest absolute Gasteiger partial charge is 0.358 e. The lowest BCUT2D eigenvalue weighted by Crippen LogP contribution is -2.38. The van der Waals surface area contributed by atoms with Gasteiger partial charge in [0, 0.05) is 12.1 Å². The number of carbonyl (C=O) groups is 1. The summed E-state index contributed by atoms with van der Waals surface area (Å²) < 4.78 is 10.1. The average Bonchev–Trinajstić information content (AvgIpc) is 2.46. The van der Waals surface area contributed by atoms with Crippen LogP contribution in [-0.4, -0.2) is 42.5 Å². The van der Waals surface area contributed by atoms with Crippen LogP contribution >= 0.6 is 0 Å². The predicted octanol–water partition coefficient (Wildman–Crippen LogP) is 0.784. The molecule has 0 amide bonds. The highest BCUT2D eigenvalue weighted by atomic mass is 16.5. The van der Waals surface area contributed by atoms with Gasteiger partial charge < -0.3 is 14.8 Å². The molecule has 1 N–H and O–H groups in total. The Morgan fingerprint density at radius 3 is 2.94 bits per heavy atom. The van der Waals surface area contributed by atoms with E-state index in [1.165, 1.54) is 20.0 Å². The maximum Gasteiger partial charge on any atom is 0.358 e. The van der Waals surface area contributed by atoms with Gasteiger partial charge in [-0.05, 0) is 25.5 Å². The molecule has 1 fully saturated rings. The van der Waals surface area contributed by atoms with E-state index in [-0.39, 0.29) is 5.69 Å². The number of ether oxygens (including phenoxy) is 2. The molecule has 0 aliphatic carbocycles. The van der Waals surface area contributed by atoms with Crippen LogP contribution in [-0.2, 0) is 4.74 Å². The summed E-state index contributed by atoms with van der Waals surface area (Å²) in [7, 11) is 1.31. The zero-order valence-corrected chi connectivity index (χ0v) is 10.4. The van der Waals surface area contributed by atoms with Gasteiger partial charge in [0.1, 0.15) is 6.61 Å². The first-order chi connectivity index (χ1) is 8.79. The van der Waals surface area contributed by atoms with Crippen LogP contribution in [0.4, 0.5) is 0 Å². The zero-order valence-electron chi connectivity index (χ0n) is 10.4. The monoisotopic (exact) mass is 251 g/mol. The topological polar surface area (TPSA) is 73.3 Å². The van der Waals surface area contributed by atoms with Gasteiger partial charge in [-0.2, -0.15) is 0 Å². The summed E-state index contributed by atoms with van der Waals surface area (Å²) in [6.45, 7) is 1.62. The van der Waals surface area contributed by atoms with Crippen molar-refractivity contribution in [3.8, 4) is 5.88 Å². The van der Waals surface area contributed by atoms with Crippen LogP contribution in [0.15, 0.2) is 12.1 Å². The summed E-state index contributed by atoms with van der Waals surface area (Å²) in [6.07, 6.45) is 3.58. The molecule has 1 aliphatic heterocycles. The lowest BCUT2D eigenvalue weighted by molar-refractivity contribution is 0.0592. The lowest BCUT2D eigenvalue weighted by Gasteiger charge is -2.22. The average molecular weight is 251 g/mol.